The maximum atomic E-state index is 7.33. The number of halogens is 1. The van der Waals surface area contributed by atoms with Gasteiger partial charge in [0.05, 0.1) is 7.11 Å². The highest BCUT2D eigenvalue weighted by molar-refractivity contribution is 5.91. The van der Waals surface area contributed by atoms with Crippen LogP contribution in [0.1, 0.15) is 11.1 Å². The van der Waals surface area contributed by atoms with Gasteiger partial charge in [0.2, 0.25) is 5.90 Å². The van der Waals surface area contributed by atoms with E-state index in [0.29, 0.717) is 0 Å². The molecule has 3 heteroatoms. The van der Waals surface area contributed by atoms with E-state index < -0.39 is 0 Å². The summed E-state index contributed by atoms with van der Waals surface area (Å²) in [6.07, 6.45) is 0. The minimum absolute atomic E-state index is 0. The van der Waals surface area contributed by atoms with Crippen molar-refractivity contribution in [3.05, 3.63) is 35.4 Å². The van der Waals surface area contributed by atoms with Gasteiger partial charge in [-0.05, 0) is 19.1 Å². The Hall–Kier alpha value is -1.02. The van der Waals surface area contributed by atoms with Gasteiger partial charge in [-0.15, -0.1) is 12.4 Å². The van der Waals surface area contributed by atoms with Crippen LogP contribution in [0.5, 0.6) is 0 Å². The van der Waals surface area contributed by atoms with Gasteiger partial charge < -0.3 is 4.74 Å². The predicted molar refractivity (Wildman–Crippen MR) is 52.3 cm³/mol. The first-order valence-electron chi connectivity index (χ1n) is 3.43. The summed E-state index contributed by atoms with van der Waals surface area (Å²) in [6.45, 7) is 2.01. The Labute approximate surface area is 78.5 Å². The maximum Gasteiger partial charge on any atom is 0.212 e. The van der Waals surface area contributed by atoms with Crippen molar-refractivity contribution >= 4 is 18.3 Å². The lowest BCUT2D eigenvalue weighted by atomic mass is 10.1. The van der Waals surface area contributed by atoms with E-state index in [1.807, 2.05) is 31.2 Å². The van der Waals surface area contributed by atoms with Crippen LogP contribution >= 0.6 is 12.4 Å². The lowest BCUT2D eigenvalue weighted by Gasteiger charge is -2.01. The van der Waals surface area contributed by atoms with E-state index in [1.54, 1.807) is 0 Å². The fraction of sp³-hybridized carbons (Fsp3) is 0.222. The Morgan fingerprint density at radius 3 is 2.17 bits per heavy atom. The van der Waals surface area contributed by atoms with Crippen LogP contribution in [0.25, 0.3) is 0 Å². The van der Waals surface area contributed by atoms with E-state index >= 15 is 0 Å². The molecule has 1 aromatic rings. The van der Waals surface area contributed by atoms with Gasteiger partial charge in [-0.25, -0.2) is 0 Å². The van der Waals surface area contributed by atoms with Gasteiger partial charge in [0.15, 0.2) is 0 Å². The van der Waals surface area contributed by atoms with Crippen molar-refractivity contribution < 1.29 is 4.74 Å². The summed E-state index contributed by atoms with van der Waals surface area (Å²) in [5.41, 5.74) is 2.01. The predicted octanol–water partition coefficient (Wildman–Crippen LogP) is 2.39. The third-order valence-electron chi connectivity index (χ3n) is 1.52. The van der Waals surface area contributed by atoms with Crippen molar-refractivity contribution in [3.8, 4) is 0 Å². The third-order valence-corrected chi connectivity index (χ3v) is 1.52. The zero-order valence-corrected chi connectivity index (χ0v) is 7.94. The zero-order valence-electron chi connectivity index (χ0n) is 7.13. The standard InChI is InChI=1S/C9H11NO.ClH/c1-7-3-5-8(6-4-7)9(10)11-2;/h3-6,10H,1-2H3;1H. The van der Waals surface area contributed by atoms with Gasteiger partial charge >= 0.3 is 0 Å². The SMILES string of the molecule is COC(=N)c1ccc(C)cc1.Cl. The van der Waals surface area contributed by atoms with Crippen LogP contribution in [-0.4, -0.2) is 13.0 Å². The fourth-order valence-corrected chi connectivity index (χ4v) is 0.823. The summed E-state index contributed by atoms with van der Waals surface area (Å²) in [4.78, 5) is 0. The summed E-state index contributed by atoms with van der Waals surface area (Å²) in [5.74, 6) is 0.213. The number of benzene rings is 1. The van der Waals surface area contributed by atoms with Crippen molar-refractivity contribution in [2.45, 2.75) is 6.92 Å². The van der Waals surface area contributed by atoms with Crippen molar-refractivity contribution in [1.29, 1.82) is 5.41 Å². The summed E-state index contributed by atoms with van der Waals surface area (Å²) < 4.78 is 4.76. The van der Waals surface area contributed by atoms with Crippen LogP contribution < -0.4 is 0 Å². The molecule has 0 unspecified atom stereocenters. The number of nitrogens with one attached hydrogen (secondary N) is 1. The van der Waals surface area contributed by atoms with Crippen LogP contribution in [0.15, 0.2) is 24.3 Å². The molecule has 0 radical (unpaired) electrons. The molecule has 66 valence electrons. The highest BCUT2D eigenvalue weighted by atomic mass is 35.5. The molecule has 0 saturated carbocycles. The summed E-state index contributed by atoms with van der Waals surface area (Å²) in [7, 11) is 1.50. The lowest BCUT2D eigenvalue weighted by Crippen LogP contribution is -2.00. The van der Waals surface area contributed by atoms with E-state index in [1.165, 1.54) is 12.7 Å². The average Bonchev–Trinajstić information content (AvgIpc) is 2.05. The smallest absolute Gasteiger partial charge is 0.212 e. The second-order valence-electron chi connectivity index (χ2n) is 2.40. The zero-order chi connectivity index (χ0) is 8.27. The van der Waals surface area contributed by atoms with E-state index in [-0.39, 0.29) is 18.3 Å². The number of hydrogen-bond donors (Lipinski definition) is 1. The number of hydrogen-bond acceptors (Lipinski definition) is 2. The van der Waals surface area contributed by atoms with Crippen LogP contribution in [0, 0.1) is 12.3 Å². The van der Waals surface area contributed by atoms with Crippen LogP contribution in [0.3, 0.4) is 0 Å². The second kappa shape index (κ2) is 4.78. The van der Waals surface area contributed by atoms with Crippen LogP contribution in [-0.2, 0) is 4.74 Å². The van der Waals surface area contributed by atoms with Crippen LogP contribution in [0.4, 0.5) is 0 Å². The Bertz CT molecular complexity index is 256. The fourth-order valence-electron chi connectivity index (χ4n) is 0.823. The molecule has 0 aliphatic carbocycles. The molecular weight excluding hydrogens is 174 g/mol. The molecule has 1 N–H and O–H groups in total. The highest BCUT2D eigenvalue weighted by Gasteiger charge is 1.97. The van der Waals surface area contributed by atoms with Crippen molar-refractivity contribution in [2.75, 3.05) is 7.11 Å². The molecule has 1 aromatic carbocycles. The average molecular weight is 186 g/mol. The molecule has 0 heterocycles. The first-order valence-corrected chi connectivity index (χ1v) is 3.43. The van der Waals surface area contributed by atoms with E-state index in [4.69, 9.17) is 10.1 Å². The van der Waals surface area contributed by atoms with E-state index in [9.17, 15) is 0 Å². The first-order chi connectivity index (χ1) is 5.24. The molecule has 0 bridgehead atoms. The Morgan fingerprint density at radius 2 is 1.75 bits per heavy atom. The van der Waals surface area contributed by atoms with Crippen molar-refractivity contribution in [1.82, 2.24) is 0 Å². The molecule has 0 aliphatic rings. The molecule has 0 fully saturated rings. The Kier molecular flexibility index (Phi) is 4.37. The maximum absolute atomic E-state index is 7.33. The molecule has 0 spiro atoms. The number of ether oxygens (including phenoxy) is 1. The molecule has 0 aliphatic heterocycles. The second-order valence-corrected chi connectivity index (χ2v) is 2.40. The molecule has 0 aromatic heterocycles. The van der Waals surface area contributed by atoms with Gasteiger partial charge in [-0.3, -0.25) is 5.41 Å². The van der Waals surface area contributed by atoms with Crippen LogP contribution in [0.2, 0.25) is 0 Å². The number of aryl methyl sites for hydroxylation is 1. The summed E-state index contributed by atoms with van der Waals surface area (Å²) in [6, 6.07) is 7.67. The largest absolute Gasteiger partial charge is 0.481 e. The minimum atomic E-state index is 0. The van der Waals surface area contributed by atoms with Gasteiger partial charge in [0, 0.05) is 5.56 Å². The molecule has 0 amide bonds. The van der Waals surface area contributed by atoms with E-state index in [0.717, 1.165) is 5.56 Å². The molecule has 0 atom stereocenters. The quantitative estimate of drug-likeness (QED) is 0.529. The third kappa shape index (κ3) is 2.55. The lowest BCUT2D eigenvalue weighted by molar-refractivity contribution is 0.401. The van der Waals surface area contributed by atoms with Crippen molar-refractivity contribution in [2.24, 2.45) is 0 Å². The molecule has 12 heavy (non-hydrogen) atoms. The van der Waals surface area contributed by atoms with Gasteiger partial charge in [-0.1, -0.05) is 17.7 Å². The molecule has 1 rings (SSSR count). The van der Waals surface area contributed by atoms with Gasteiger partial charge in [0.25, 0.3) is 0 Å². The Balaban J connectivity index is 0.00000121. The number of rotatable bonds is 1. The van der Waals surface area contributed by atoms with Gasteiger partial charge in [-0.2, -0.15) is 0 Å². The van der Waals surface area contributed by atoms with Crippen molar-refractivity contribution in [3.63, 3.8) is 0 Å². The van der Waals surface area contributed by atoms with E-state index in [2.05, 4.69) is 0 Å². The summed E-state index contributed by atoms with van der Waals surface area (Å²) in [5, 5.41) is 7.33. The number of methoxy groups -OCH3 is 1. The monoisotopic (exact) mass is 185 g/mol. The normalized spacial score (nSPS) is 8.50. The highest BCUT2D eigenvalue weighted by Crippen LogP contribution is 2.03. The molecule has 2 nitrogen and oxygen atoms in total. The topological polar surface area (TPSA) is 33.1 Å². The van der Waals surface area contributed by atoms with Gasteiger partial charge in [0.1, 0.15) is 0 Å². The summed E-state index contributed by atoms with van der Waals surface area (Å²) >= 11 is 0. The first kappa shape index (κ1) is 11.0. The Morgan fingerprint density at radius 1 is 1.25 bits per heavy atom. The minimum Gasteiger partial charge on any atom is -0.481 e. The molecular formula is C9H12ClNO. The molecule has 0 saturated heterocycles.